The van der Waals surface area contributed by atoms with Crippen LogP contribution in [0, 0.1) is 0 Å². The van der Waals surface area contributed by atoms with Gasteiger partial charge in [0.15, 0.2) is 0 Å². The van der Waals surface area contributed by atoms with Crippen LogP contribution in [0.15, 0.2) is 24.3 Å². The first kappa shape index (κ1) is 15.6. The molecule has 1 saturated heterocycles. The molecule has 0 spiro atoms. The Kier molecular flexibility index (Phi) is 4.27. The summed E-state index contributed by atoms with van der Waals surface area (Å²) in [6.45, 7) is 3.64. The van der Waals surface area contributed by atoms with Crippen molar-refractivity contribution in [3.63, 3.8) is 0 Å². The van der Waals surface area contributed by atoms with E-state index in [4.69, 9.17) is 4.98 Å². The molecule has 0 atom stereocenters. The minimum atomic E-state index is 0.000421. The zero-order valence-electron chi connectivity index (χ0n) is 14.0. The number of anilines is 1. The molecule has 1 aliphatic heterocycles. The van der Waals surface area contributed by atoms with Crippen molar-refractivity contribution in [1.82, 2.24) is 10.3 Å². The van der Waals surface area contributed by atoms with E-state index in [1.807, 2.05) is 11.3 Å². The van der Waals surface area contributed by atoms with E-state index in [0.29, 0.717) is 5.92 Å². The molecule has 0 radical (unpaired) electrons. The van der Waals surface area contributed by atoms with Crippen molar-refractivity contribution in [3.8, 4) is 10.4 Å². The number of urea groups is 1. The summed E-state index contributed by atoms with van der Waals surface area (Å²) in [5.41, 5.74) is 3.51. The first-order chi connectivity index (χ1) is 11.8. The minimum Gasteiger partial charge on any atom is -0.336 e. The van der Waals surface area contributed by atoms with E-state index in [1.54, 1.807) is 4.90 Å². The highest BCUT2D eigenvalue weighted by Crippen LogP contribution is 2.42. The molecule has 1 saturated carbocycles. The molecule has 1 N–H and O–H groups in total. The van der Waals surface area contributed by atoms with Gasteiger partial charge in [-0.25, -0.2) is 9.78 Å². The van der Waals surface area contributed by atoms with Crippen LogP contribution in [0.2, 0.25) is 0 Å². The third-order valence-electron chi connectivity index (χ3n) is 5.04. The van der Waals surface area contributed by atoms with Gasteiger partial charge in [0, 0.05) is 24.7 Å². The minimum absolute atomic E-state index is 0.000421. The fourth-order valence-electron chi connectivity index (χ4n) is 3.72. The standard InChI is InChI=1S/C19H23N3OS/c1-2-16-21-17(13-5-3-4-6-13)18(24-16)14-7-9-15(10-8-14)22-12-11-20-19(22)23/h7-10,13H,2-6,11-12H2,1H3,(H,20,23). The second-order valence-electron chi connectivity index (χ2n) is 6.59. The summed E-state index contributed by atoms with van der Waals surface area (Å²) in [4.78, 5) is 19.9. The molecular formula is C19H23N3OS. The van der Waals surface area contributed by atoms with Crippen LogP contribution in [0.5, 0.6) is 0 Å². The number of nitrogens with zero attached hydrogens (tertiary/aromatic N) is 2. The van der Waals surface area contributed by atoms with Crippen molar-refractivity contribution < 1.29 is 4.79 Å². The zero-order chi connectivity index (χ0) is 16.5. The number of rotatable bonds is 4. The van der Waals surface area contributed by atoms with Crippen molar-refractivity contribution in [2.24, 2.45) is 0 Å². The van der Waals surface area contributed by atoms with E-state index in [1.165, 1.54) is 46.8 Å². The number of hydrogen-bond acceptors (Lipinski definition) is 3. The molecule has 2 aliphatic rings. The van der Waals surface area contributed by atoms with Crippen LogP contribution in [-0.4, -0.2) is 24.1 Å². The fraction of sp³-hybridized carbons (Fsp3) is 0.474. The SMILES string of the molecule is CCc1nc(C2CCCC2)c(-c2ccc(N3CCNC3=O)cc2)s1. The number of amides is 2. The lowest BCUT2D eigenvalue weighted by atomic mass is 10.00. The highest BCUT2D eigenvalue weighted by molar-refractivity contribution is 7.15. The smallest absolute Gasteiger partial charge is 0.321 e. The van der Waals surface area contributed by atoms with Gasteiger partial charge in [-0.2, -0.15) is 0 Å². The predicted molar refractivity (Wildman–Crippen MR) is 98.9 cm³/mol. The summed E-state index contributed by atoms with van der Waals surface area (Å²) in [7, 11) is 0. The molecule has 2 aromatic rings. The Bertz CT molecular complexity index is 732. The normalized spacial score (nSPS) is 18.4. The van der Waals surface area contributed by atoms with Gasteiger partial charge < -0.3 is 5.32 Å². The summed E-state index contributed by atoms with van der Waals surface area (Å²) in [6.07, 6.45) is 6.19. The van der Waals surface area contributed by atoms with E-state index >= 15 is 0 Å². The number of carbonyl (C=O) groups excluding carboxylic acids is 1. The molecule has 1 aliphatic carbocycles. The van der Waals surface area contributed by atoms with Crippen LogP contribution in [-0.2, 0) is 6.42 Å². The highest BCUT2D eigenvalue weighted by Gasteiger charge is 2.25. The number of aromatic nitrogens is 1. The van der Waals surface area contributed by atoms with Gasteiger partial charge in [-0.1, -0.05) is 31.9 Å². The Morgan fingerprint density at radius 3 is 2.62 bits per heavy atom. The van der Waals surface area contributed by atoms with Crippen LogP contribution in [0.1, 0.15) is 49.2 Å². The second kappa shape index (κ2) is 6.55. The molecule has 2 heterocycles. The third-order valence-corrected chi connectivity index (χ3v) is 6.30. The molecule has 2 fully saturated rings. The molecule has 0 unspecified atom stereocenters. The maximum atomic E-state index is 11.8. The van der Waals surface area contributed by atoms with Crippen LogP contribution in [0.4, 0.5) is 10.5 Å². The molecule has 4 nitrogen and oxygen atoms in total. The van der Waals surface area contributed by atoms with Crippen LogP contribution < -0.4 is 10.2 Å². The van der Waals surface area contributed by atoms with Crippen molar-refractivity contribution >= 4 is 23.1 Å². The first-order valence-electron chi connectivity index (χ1n) is 8.91. The van der Waals surface area contributed by atoms with Gasteiger partial charge in [0.25, 0.3) is 0 Å². The average molecular weight is 341 g/mol. The average Bonchev–Trinajstić information content (AvgIpc) is 3.35. The fourth-order valence-corrected chi connectivity index (χ4v) is 4.82. The highest BCUT2D eigenvalue weighted by atomic mass is 32.1. The van der Waals surface area contributed by atoms with Crippen molar-refractivity contribution in [2.75, 3.05) is 18.0 Å². The Morgan fingerprint density at radius 2 is 2.00 bits per heavy atom. The van der Waals surface area contributed by atoms with Crippen LogP contribution in [0.3, 0.4) is 0 Å². The second-order valence-corrected chi connectivity index (χ2v) is 7.67. The molecular weight excluding hydrogens is 318 g/mol. The molecule has 126 valence electrons. The van der Waals surface area contributed by atoms with Crippen molar-refractivity contribution in [1.29, 1.82) is 0 Å². The molecule has 1 aromatic heterocycles. The number of benzene rings is 1. The Morgan fingerprint density at radius 1 is 1.25 bits per heavy atom. The Hall–Kier alpha value is -1.88. The largest absolute Gasteiger partial charge is 0.336 e. The number of thiazole rings is 1. The summed E-state index contributed by atoms with van der Waals surface area (Å²) in [6, 6.07) is 8.41. The summed E-state index contributed by atoms with van der Waals surface area (Å²) < 4.78 is 0. The number of aryl methyl sites for hydroxylation is 1. The lowest BCUT2D eigenvalue weighted by Gasteiger charge is -2.15. The van der Waals surface area contributed by atoms with E-state index in [-0.39, 0.29) is 6.03 Å². The lowest BCUT2D eigenvalue weighted by Crippen LogP contribution is -2.27. The van der Waals surface area contributed by atoms with Gasteiger partial charge >= 0.3 is 6.03 Å². The third kappa shape index (κ3) is 2.81. The number of hydrogen-bond donors (Lipinski definition) is 1. The molecule has 1 aromatic carbocycles. The van der Waals surface area contributed by atoms with Crippen molar-refractivity contribution in [2.45, 2.75) is 44.9 Å². The van der Waals surface area contributed by atoms with Gasteiger partial charge in [-0.3, -0.25) is 4.90 Å². The Balaban J connectivity index is 1.65. The Labute approximate surface area is 146 Å². The maximum Gasteiger partial charge on any atom is 0.321 e. The molecule has 0 bridgehead atoms. The van der Waals surface area contributed by atoms with Crippen molar-refractivity contribution in [3.05, 3.63) is 35.0 Å². The maximum absolute atomic E-state index is 11.8. The van der Waals surface area contributed by atoms with Gasteiger partial charge in [-0.15, -0.1) is 11.3 Å². The van der Waals surface area contributed by atoms with E-state index in [0.717, 1.165) is 25.2 Å². The molecule has 4 rings (SSSR count). The summed E-state index contributed by atoms with van der Waals surface area (Å²) in [5.74, 6) is 0.626. The quantitative estimate of drug-likeness (QED) is 0.886. The van der Waals surface area contributed by atoms with Gasteiger partial charge in [0.05, 0.1) is 15.6 Å². The lowest BCUT2D eigenvalue weighted by molar-refractivity contribution is 0.252. The molecule has 5 heteroatoms. The topological polar surface area (TPSA) is 45.2 Å². The predicted octanol–water partition coefficient (Wildman–Crippen LogP) is 4.56. The number of carbonyl (C=O) groups is 1. The van der Waals surface area contributed by atoms with E-state index in [9.17, 15) is 4.79 Å². The monoisotopic (exact) mass is 341 g/mol. The van der Waals surface area contributed by atoms with Crippen LogP contribution in [0.25, 0.3) is 10.4 Å². The van der Waals surface area contributed by atoms with E-state index < -0.39 is 0 Å². The number of nitrogens with one attached hydrogen (secondary N) is 1. The zero-order valence-corrected chi connectivity index (χ0v) is 14.9. The first-order valence-corrected chi connectivity index (χ1v) is 9.73. The summed E-state index contributed by atoms with van der Waals surface area (Å²) in [5, 5.41) is 4.08. The molecule has 2 amide bonds. The van der Waals surface area contributed by atoms with Crippen LogP contribution >= 0.6 is 11.3 Å². The van der Waals surface area contributed by atoms with E-state index in [2.05, 4.69) is 36.5 Å². The summed E-state index contributed by atoms with van der Waals surface area (Å²) >= 11 is 1.83. The van der Waals surface area contributed by atoms with Gasteiger partial charge in [0.2, 0.25) is 0 Å². The van der Waals surface area contributed by atoms with Gasteiger partial charge in [0.1, 0.15) is 0 Å². The van der Waals surface area contributed by atoms with Gasteiger partial charge in [-0.05, 0) is 37.0 Å². The molecule has 24 heavy (non-hydrogen) atoms.